The second kappa shape index (κ2) is 9.46. The molecule has 6 heteroatoms. The number of hydrogen-bond donors (Lipinski definition) is 1. The Hall–Kier alpha value is -3.64. The van der Waals surface area contributed by atoms with Gasteiger partial charge in [-0.3, -0.25) is 4.79 Å². The van der Waals surface area contributed by atoms with E-state index in [-0.39, 0.29) is 5.91 Å². The SMILES string of the molecule is O=C(NCc1nc2ccccc2n1CCOc1cccc2ccccc12)c1ccc(Br)cc1. The molecule has 0 aliphatic heterocycles. The molecule has 5 nitrogen and oxygen atoms in total. The molecular formula is C27H22BrN3O2. The minimum Gasteiger partial charge on any atom is -0.491 e. The topological polar surface area (TPSA) is 56.2 Å². The van der Waals surface area contributed by atoms with Gasteiger partial charge in [-0.1, -0.05) is 64.5 Å². The highest BCUT2D eigenvalue weighted by Crippen LogP contribution is 2.25. The average Bonchev–Trinajstić information content (AvgIpc) is 3.20. The van der Waals surface area contributed by atoms with Crippen LogP contribution in [0.3, 0.4) is 0 Å². The van der Waals surface area contributed by atoms with E-state index in [1.165, 1.54) is 0 Å². The van der Waals surface area contributed by atoms with Crippen LogP contribution in [0, 0.1) is 0 Å². The van der Waals surface area contributed by atoms with Crippen LogP contribution in [0.1, 0.15) is 16.2 Å². The number of carbonyl (C=O) groups is 1. The second-order valence-corrected chi connectivity index (χ2v) is 8.60. The number of hydrogen-bond acceptors (Lipinski definition) is 3. The summed E-state index contributed by atoms with van der Waals surface area (Å²) in [5.41, 5.74) is 2.53. The molecular weight excluding hydrogens is 478 g/mol. The largest absolute Gasteiger partial charge is 0.491 e. The number of rotatable bonds is 7. The lowest BCUT2D eigenvalue weighted by atomic mass is 10.1. The third-order valence-electron chi connectivity index (χ3n) is 5.57. The van der Waals surface area contributed by atoms with Crippen molar-refractivity contribution in [2.24, 2.45) is 0 Å². The summed E-state index contributed by atoms with van der Waals surface area (Å²) in [6, 6.07) is 29.6. The molecule has 1 amide bonds. The van der Waals surface area contributed by atoms with E-state index >= 15 is 0 Å². The van der Waals surface area contributed by atoms with E-state index in [1.54, 1.807) is 12.1 Å². The first kappa shape index (κ1) is 21.2. The highest BCUT2D eigenvalue weighted by Gasteiger charge is 2.13. The molecule has 0 radical (unpaired) electrons. The molecule has 0 aliphatic rings. The normalized spacial score (nSPS) is 11.1. The Labute approximate surface area is 200 Å². The molecule has 4 aromatic carbocycles. The Balaban J connectivity index is 1.33. The van der Waals surface area contributed by atoms with Crippen LogP contribution in [0.4, 0.5) is 0 Å². The standard InChI is InChI=1S/C27H22BrN3O2/c28-21-14-12-20(13-15-21)27(32)29-18-26-30-23-9-3-4-10-24(23)31(26)16-17-33-25-11-5-7-19-6-1-2-8-22(19)25/h1-15H,16-18H2,(H,29,32). The maximum atomic E-state index is 12.6. The highest BCUT2D eigenvalue weighted by atomic mass is 79.9. The summed E-state index contributed by atoms with van der Waals surface area (Å²) in [6.07, 6.45) is 0. The number of fused-ring (bicyclic) bond motifs is 2. The Kier molecular flexibility index (Phi) is 6.09. The first-order chi connectivity index (χ1) is 16.2. The molecule has 5 aromatic rings. The fourth-order valence-electron chi connectivity index (χ4n) is 3.94. The number of halogens is 1. The van der Waals surface area contributed by atoms with Gasteiger partial charge in [-0.05, 0) is 47.9 Å². The van der Waals surface area contributed by atoms with Gasteiger partial charge < -0.3 is 14.6 Å². The molecule has 0 bridgehead atoms. The lowest BCUT2D eigenvalue weighted by Gasteiger charge is -2.13. The van der Waals surface area contributed by atoms with E-state index < -0.39 is 0 Å². The average molecular weight is 500 g/mol. The molecule has 1 aromatic heterocycles. The summed E-state index contributed by atoms with van der Waals surface area (Å²) in [4.78, 5) is 17.3. The fourth-order valence-corrected chi connectivity index (χ4v) is 4.21. The number of carbonyl (C=O) groups excluding carboxylic acids is 1. The third kappa shape index (κ3) is 4.61. The number of amides is 1. The summed E-state index contributed by atoms with van der Waals surface area (Å²) in [5, 5.41) is 5.24. The Bertz CT molecular complexity index is 1420. The third-order valence-corrected chi connectivity index (χ3v) is 6.10. The van der Waals surface area contributed by atoms with E-state index in [0.29, 0.717) is 25.3 Å². The van der Waals surface area contributed by atoms with Crippen molar-refractivity contribution in [3.05, 3.63) is 107 Å². The first-order valence-corrected chi connectivity index (χ1v) is 11.6. The van der Waals surface area contributed by atoms with Gasteiger partial charge in [0.2, 0.25) is 0 Å². The Morgan fingerprint density at radius 1 is 0.909 bits per heavy atom. The number of benzene rings is 4. The summed E-state index contributed by atoms with van der Waals surface area (Å²) in [5.74, 6) is 1.53. The van der Waals surface area contributed by atoms with Crippen molar-refractivity contribution in [1.29, 1.82) is 0 Å². The molecule has 0 saturated carbocycles. The van der Waals surface area contributed by atoms with Crippen molar-refractivity contribution in [2.75, 3.05) is 6.61 Å². The van der Waals surface area contributed by atoms with Crippen LogP contribution >= 0.6 is 15.9 Å². The molecule has 0 atom stereocenters. The molecule has 0 aliphatic carbocycles. The van der Waals surface area contributed by atoms with E-state index in [4.69, 9.17) is 9.72 Å². The molecule has 1 heterocycles. The molecule has 0 spiro atoms. The predicted octanol–water partition coefficient (Wildman–Crippen LogP) is 5.96. The number of imidazole rings is 1. The monoisotopic (exact) mass is 499 g/mol. The number of para-hydroxylation sites is 2. The summed E-state index contributed by atoms with van der Waals surface area (Å²) >= 11 is 3.40. The van der Waals surface area contributed by atoms with Gasteiger partial charge in [0.25, 0.3) is 5.91 Å². The van der Waals surface area contributed by atoms with Crippen molar-refractivity contribution in [1.82, 2.24) is 14.9 Å². The van der Waals surface area contributed by atoms with Gasteiger partial charge in [0.05, 0.1) is 24.1 Å². The Morgan fingerprint density at radius 3 is 2.55 bits per heavy atom. The number of nitrogens with one attached hydrogen (secondary N) is 1. The molecule has 33 heavy (non-hydrogen) atoms. The zero-order valence-electron chi connectivity index (χ0n) is 17.9. The van der Waals surface area contributed by atoms with Crippen LogP contribution in [0.2, 0.25) is 0 Å². The zero-order valence-corrected chi connectivity index (χ0v) is 19.5. The van der Waals surface area contributed by atoms with Crippen LogP contribution in [-0.4, -0.2) is 22.1 Å². The lowest BCUT2D eigenvalue weighted by Crippen LogP contribution is -2.25. The predicted molar refractivity (Wildman–Crippen MR) is 134 cm³/mol. The summed E-state index contributed by atoms with van der Waals surface area (Å²) in [6.45, 7) is 1.44. The number of nitrogens with zero attached hydrogens (tertiary/aromatic N) is 2. The lowest BCUT2D eigenvalue weighted by molar-refractivity contribution is 0.0949. The summed E-state index contributed by atoms with van der Waals surface area (Å²) < 4.78 is 9.21. The Morgan fingerprint density at radius 2 is 1.67 bits per heavy atom. The quantitative estimate of drug-likeness (QED) is 0.300. The van der Waals surface area contributed by atoms with Gasteiger partial charge in [-0.25, -0.2) is 4.98 Å². The van der Waals surface area contributed by atoms with Gasteiger partial charge in [-0.15, -0.1) is 0 Å². The van der Waals surface area contributed by atoms with E-state index in [9.17, 15) is 4.79 Å². The minimum absolute atomic E-state index is 0.131. The van der Waals surface area contributed by atoms with Crippen LogP contribution < -0.4 is 10.1 Å². The molecule has 0 unspecified atom stereocenters. The van der Waals surface area contributed by atoms with Gasteiger partial charge >= 0.3 is 0 Å². The molecule has 5 rings (SSSR count). The molecule has 1 N–H and O–H groups in total. The van der Waals surface area contributed by atoms with Crippen molar-refractivity contribution >= 4 is 43.6 Å². The van der Waals surface area contributed by atoms with Crippen molar-refractivity contribution in [2.45, 2.75) is 13.1 Å². The van der Waals surface area contributed by atoms with Gasteiger partial charge in [0.15, 0.2) is 0 Å². The van der Waals surface area contributed by atoms with E-state index in [1.807, 2.05) is 60.7 Å². The number of aromatic nitrogens is 2. The number of ether oxygens (including phenoxy) is 1. The zero-order chi connectivity index (χ0) is 22.6. The second-order valence-electron chi connectivity index (χ2n) is 7.68. The van der Waals surface area contributed by atoms with Gasteiger partial charge in [-0.2, -0.15) is 0 Å². The molecule has 0 saturated heterocycles. The highest BCUT2D eigenvalue weighted by molar-refractivity contribution is 9.10. The fraction of sp³-hybridized carbons (Fsp3) is 0.111. The summed E-state index contributed by atoms with van der Waals surface area (Å²) in [7, 11) is 0. The van der Waals surface area contributed by atoms with Crippen molar-refractivity contribution < 1.29 is 9.53 Å². The maximum absolute atomic E-state index is 12.6. The maximum Gasteiger partial charge on any atom is 0.251 e. The van der Waals surface area contributed by atoms with Crippen LogP contribution in [0.5, 0.6) is 5.75 Å². The van der Waals surface area contributed by atoms with Crippen LogP contribution in [0.25, 0.3) is 21.8 Å². The molecule has 0 fully saturated rings. The molecule has 164 valence electrons. The minimum atomic E-state index is -0.131. The van der Waals surface area contributed by atoms with Crippen LogP contribution in [0.15, 0.2) is 95.5 Å². The van der Waals surface area contributed by atoms with E-state index in [0.717, 1.165) is 37.9 Å². The van der Waals surface area contributed by atoms with Crippen LogP contribution in [-0.2, 0) is 13.1 Å². The van der Waals surface area contributed by atoms with Gasteiger partial charge in [0, 0.05) is 15.4 Å². The first-order valence-electron chi connectivity index (χ1n) is 10.8. The van der Waals surface area contributed by atoms with Crippen molar-refractivity contribution in [3.8, 4) is 5.75 Å². The van der Waals surface area contributed by atoms with Gasteiger partial charge in [0.1, 0.15) is 18.2 Å². The smallest absolute Gasteiger partial charge is 0.251 e. The van der Waals surface area contributed by atoms with E-state index in [2.05, 4.69) is 44.0 Å². The van der Waals surface area contributed by atoms with Crippen molar-refractivity contribution in [3.63, 3.8) is 0 Å².